The van der Waals surface area contributed by atoms with Crippen LogP contribution < -0.4 is 10.5 Å². The molecule has 8 nitrogen and oxygen atoms in total. The summed E-state index contributed by atoms with van der Waals surface area (Å²) < 4.78 is 28.6. The van der Waals surface area contributed by atoms with Gasteiger partial charge < -0.3 is 9.47 Å². The second-order valence-electron chi connectivity index (χ2n) is 6.51. The molecule has 0 spiro atoms. The van der Waals surface area contributed by atoms with Gasteiger partial charge >= 0.3 is 0 Å². The van der Waals surface area contributed by atoms with Crippen molar-refractivity contribution in [3.8, 4) is 0 Å². The smallest absolute Gasteiger partial charge is 0.293 e. The molecular formula is C18H18ClN5O3S. The van der Waals surface area contributed by atoms with E-state index in [1.807, 2.05) is 4.90 Å². The summed E-state index contributed by atoms with van der Waals surface area (Å²) in [5.74, 6) is 0.320. The molecule has 1 saturated heterocycles. The topological polar surface area (TPSA) is 88.4 Å². The monoisotopic (exact) mass is 419 g/mol. The van der Waals surface area contributed by atoms with Crippen molar-refractivity contribution in [1.82, 2.24) is 18.8 Å². The summed E-state index contributed by atoms with van der Waals surface area (Å²) in [5, 5.41) is 0.373. The Hall–Kier alpha value is -2.49. The largest absolute Gasteiger partial charge is 0.349 e. The molecule has 0 aliphatic carbocycles. The highest BCUT2D eigenvalue weighted by Crippen LogP contribution is 2.22. The summed E-state index contributed by atoms with van der Waals surface area (Å²) in [6, 6.07) is 7.97. The Labute approximate surface area is 167 Å². The van der Waals surface area contributed by atoms with Crippen LogP contribution in [0.4, 0.5) is 5.82 Å². The number of pyridine rings is 1. The average molecular weight is 420 g/mol. The summed E-state index contributed by atoms with van der Waals surface area (Å²) in [5.41, 5.74) is 1.09. The molecule has 0 bridgehead atoms. The first-order valence-electron chi connectivity index (χ1n) is 8.69. The Morgan fingerprint density at radius 1 is 1.11 bits per heavy atom. The van der Waals surface area contributed by atoms with Gasteiger partial charge in [-0.15, -0.1) is 0 Å². The fourth-order valence-corrected chi connectivity index (χ4v) is 5.00. The van der Waals surface area contributed by atoms with Crippen molar-refractivity contribution in [3.63, 3.8) is 0 Å². The van der Waals surface area contributed by atoms with Crippen LogP contribution in [0.2, 0.25) is 5.02 Å². The second-order valence-corrected chi connectivity index (χ2v) is 8.89. The van der Waals surface area contributed by atoms with E-state index in [2.05, 4.69) is 9.97 Å². The standard InChI is InChI=1S/C18H18ClN5O3S/c1-22-16-12-20-6-5-15(16)21-17(18(22)25)23-7-9-24(10-8-23)28(26,27)14-4-2-3-13(19)11-14/h2-6,11-12H,7-10H2,1H3. The van der Waals surface area contributed by atoms with Crippen molar-refractivity contribution >= 4 is 38.5 Å². The van der Waals surface area contributed by atoms with Crippen molar-refractivity contribution in [2.45, 2.75) is 4.90 Å². The van der Waals surface area contributed by atoms with Crippen LogP contribution in [0, 0.1) is 0 Å². The van der Waals surface area contributed by atoms with Gasteiger partial charge in [0.05, 0.1) is 22.1 Å². The third-order valence-electron chi connectivity index (χ3n) is 4.83. The highest BCUT2D eigenvalue weighted by atomic mass is 35.5. The lowest BCUT2D eigenvalue weighted by Crippen LogP contribution is -2.50. The summed E-state index contributed by atoms with van der Waals surface area (Å²) in [7, 11) is -1.95. The molecule has 0 radical (unpaired) electrons. The van der Waals surface area contributed by atoms with E-state index < -0.39 is 10.0 Å². The Morgan fingerprint density at radius 3 is 2.57 bits per heavy atom. The first-order valence-corrected chi connectivity index (χ1v) is 10.5. The molecule has 0 atom stereocenters. The zero-order chi connectivity index (χ0) is 19.9. The van der Waals surface area contributed by atoms with Crippen LogP contribution in [-0.2, 0) is 17.1 Å². The van der Waals surface area contributed by atoms with E-state index in [1.54, 1.807) is 37.6 Å². The maximum atomic E-state index is 12.8. The molecule has 1 aromatic carbocycles. The molecule has 3 aromatic rings. The molecular weight excluding hydrogens is 402 g/mol. The number of rotatable bonds is 3. The van der Waals surface area contributed by atoms with Crippen molar-refractivity contribution in [1.29, 1.82) is 0 Å². The van der Waals surface area contributed by atoms with Gasteiger partial charge in [0.2, 0.25) is 10.0 Å². The van der Waals surface area contributed by atoms with Gasteiger partial charge in [-0.25, -0.2) is 13.4 Å². The minimum atomic E-state index is -3.63. The summed E-state index contributed by atoms with van der Waals surface area (Å²) in [4.78, 5) is 23.2. The number of hydrogen-bond donors (Lipinski definition) is 0. The fraction of sp³-hybridized carbons (Fsp3) is 0.278. The number of hydrogen-bond acceptors (Lipinski definition) is 6. The molecule has 1 fully saturated rings. The van der Waals surface area contributed by atoms with E-state index >= 15 is 0 Å². The van der Waals surface area contributed by atoms with Gasteiger partial charge in [-0.2, -0.15) is 4.31 Å². The van der Waals surface area contributed by atoms with Gasteiger partial charge in [0.25, 0.3) is 5.56 Å². The number of fused-ring (bicyclic) bond motifs is 1. The average Bonchev–Trinajstić information content (AvgIpc) is 2.71. The predicted molar refractivity (Wildman–Crippen MR) is 107 cm³/mol. The third kappa shape index (κ3) is 3.25. The molecule has 3 heterocycles. The molecule has 0 unspecified atom stereocenters. The molecule has 2 aromatic heterocycles. The first kappa shape index (κ1) is 18.9. The maximum Gasteiger partial charge on any atom is 0.293 e. The fourth-order valence-electron chi connectivity index (χ4n) is 3.28. The van der Waals surface area contributed by atoms with Crippen molar-refractivity contribution in [3.05, 3.63) is 58.1 Å². The number of aryl methyl sites for hydroxylation is 1. The lowest BCUT2D eigenvalue weighted by molar-refractivity contribution is 0.383. The van der Waals surface area contributed by atoms with Crippen LogP contribution in [0.15, 0.2) is 52.4 Å². The van der Waals surface area contributed by atoms with Crippen molar-refractivity contribution < 1.29 is 8.42 Å². The molecule has 4 rings (SSSR count). The normalized spacial score (nSPS) is 15.9. The quantitative estimate of drug-likeness (QED) is 0.639. The van der Waals surface area contributed by atoms with E-state index in [4.69, 9.17) is 11.6 Å². The van der Waals surface area contributed by atoms with Crippen molar-refractivity contribution in [2.75, 3.05) is 31.1 Å². The van der Waals surface area contributed by atoms with E-state index in [0.717, 1.165) is 0 Å². The molecule has 146 valence electrons. The minimum absolute atomic E-state index is 0.167. The SMILES string of the molecule is Cn1c(=O)c(N2CCN(S(=O)(=O)c3cccc(Cl)c3)CC2)nc2ccncc21. The Balaban J connectivity index is 1.59. The highest BCUT2D eigenvalue weighted by Gasteiger charge is 2.30. The van der Waals surface area contributed by atoms with Gasteiger partial charge in [0.15, 0.2) is 5.82 Å². The van der Waals surface area contributed by atoms with Crippen LogP contribution in [0.5, 0.6) is 0 Å². The van der Waals surface area contributed by atoms with E-state index in [9.17, 15) is 13.2 Å². The molecule has 0 N–H and O–H groups in total. The van der Waals surface area contributed by atoms with Crippen molar-refractivity contribution in [2.24, 2.45) is 7.05 Å². The molecule has 28 heavy (non-hydrogen) atoms. The molecule has 0 saturated carbocycles. The maximum absolute atomic E-state index is 12.8. The van der Waals surface area contributed by atoms with Crippen LogP contribution >= 0.6 is 11.6 Å². The van der Waals surface area contributed by atoms with Crippen LogP contribution in [0.25, 0.3) is 11.0 Å². The lowest BCUT2D eigenvalue weighted by atomic mass is 10.3. The number of sulfonamides is 1. The number of piperazine rings is 1. The molecule has 1 aliphatic heterocycles. The molecule has 10 heteroatoms. The van der Waals surface area contributed by atoms with Gasteiger partial charge in [0, 0.05) is 44.4 Å². The summed E-state index contributed by atoms with van der Waals surface area (Å²) in [6.07, 6.45) is 3.22. The Morgan fingerprint density at radius 2 is 1.86 bits per heavy atom. The predicted octanol–water partition coefficient (Wildman–Crippen LogP) is 1.49. The number of halogens is 1. The Bertz CT molecular complexity index is 1200. The first-order chi connectivity index (χ1) is 13.4. The number of aromatic nitrogens is 3. The molecule has 0 amide bonds. The summed E-state index contributed by atoms with van der Waals surface area (Å²) >= 11 is 5.93. The second kappa shape index (κ2) is 7.16. The zero-order valence-electron chi connectivity index (χ0n) is 15.1. The summed E-state index contributed by atoms with van der Waals surface area (Å²) in [6.45, 7) is 1.26. The van der Waals surface area contributed by atoms with Crippen LogP contribution in [0.1, 0.15) is 0 Å². The zero-order valence-corrected chi connectivity index (χ0v) is 16.7. The number of benzene rings is 1. The van der Waals surface area contributed by atoms with Crippen LogP contribution in [0.3, 0.4) is 0 Å². The van der Waals surface area contributed by atoms with E-state index in [-0.39, 0.29) is 23.5 Å². The third-order valence-corrected chi connectivity index (χ3v) is 6.96. The van der Waals surface area contributed by atoms with Gasteiger partial charge in [0.1, 0.15) is 0 Å². The minimum Gasteiger partial charge on any atom is -0.349 e. The number of nitrogens with zero attached hydrogens (tertiary/aromatic N) is 5. The Kier molecular flexibility index (Phi) is 4.82. The lowest BCUT2D eigenvalue weighted by Gasteiger charge is -2.34. The highest BCUT2D eigenvalue weighted by molar-refractivity contribution is 7.89. The van der Waals surface area contributed by atoms with Gasteiger partial charge in [-0.3, -0.25) is 9.78 Å². The van der Waals surface area contributed by atoms with E-state index in [0.29, 0.717) is 35.0 Å². The van der Waals surface area contributed by atoms with Crippen LogP contribution in [-0.4, -0.2) is 53.4 Å². The van der Waals surface area contributed by atoms with E-state index in [1.165, 1.54) is 21.0 Å². The van der Waals surface area contributed by atoms with Gasteiger partial charge in [-0.05, 0) is 24.3 Å². The molecule has 1 aliphatic rings. The number of anilines is 1. The van der Waals surface area contributed by atoms with Gasteiger partial charge in [-0.1, -0.05) is 17.7 Å².